The Morgan fingerprint density at radius 2 is 2.16 bits per heavy atom. The molecule has 19 heavy (non-hydrogen) atoms. The van der Waals surface area contributed by atoms with Gasteiger partial charge in [-0.05, 0) is 31.7 Å². The van der Waals surface area contributed by atoms with Gasteiger partial charge < -0.3 is 9.64 Å². The maximum absolute atomic E-state index is 12.1. The summed E-state index contributed by atoms with van der Waals surface area (Å²) < 4.78 is 5.88. The van der Waals surface area contributed by atoms with Crippen molar-refractivity contribution in [2.45, 2.75) is 12.8 Å². The van der Waals surface area contributed by atoms with E-state index in [9.17, 15) is 4.79 Å². The Labute approximate surface area is 128 Å². The molecule has 0 spiro atoms. The van der Waals surface area contributed by atoms with Gasteiger partial charge in [-0.15, -0.1) is 0 Å². The summed E-state index contributed by atoms with van der Waals surface area (Å²) >= 11 is 9.39. The molecule has 0 aliphatic carbocycles. The van der Waals surface area contributed by atoms with Crippen molar-refractivity contribution in [1.82, 2.24) is 4.90 Å². The maximum atomic E-state index is 12.1. The van der Waals surface area contributed by atoms with Gasteiger partial charge in [0, 0.05) is 43.3 Å². The molecule has 0 aliphatic heterocycles. The SMILES string of the molecule is COCCCN(C)CCC(=O)c1ccc(Br)cc1Cl. The maximum Gasteiger partial charge on any atom is 0.165 e. The summed E-state index contributed by atoms with van der Waals surface area (Å²) in [4.78, 5) is 14.2. The Hall–Kier alpha value is -0.420. The Morgan fingerprint density at radius 1 is 1.42 bits per heavy atom. The van der Waals surface area contributed by atoms with E-state index in [1.807, 2.05) is 13.1 Å². The predicted molar refractivity (Wildman–Crippen MR) is 82.1 cm³/mol. The third kappa shape index (κ3) is 6.04. The van der Waals surface area contributed by atoms with Gasteiger partial charge in [-0.1, -0.05) is 27.5 Å². The van der Waals surface area contributed by atoms with Crippen molar-refractivity contribution in [2.24, 2.45) is 0 Å². The third-order valence-electron chi connectivity index (χ3n) is 2.84. The fourth-order valence-electron chi connectivity index (χ4n) is 1.73. The van der Waals surface area contributed by atoms with Crippen molar-refractivity contribution in [2.75, 3.05) is 33.9 Å². The average Bonchev–Trinajstić information content (AvgIpc) is 2.36. The molecule has 0 radical (unpaired) electrons. The Morgan fingerprint density at radius 3 is 2.79 bits per heavy atom. The van der Waals surface area contributed by atoms with Crippen LogP contribution in [0.3, 0.4) is 0 Å². The predicted octanol–water partition coefficient (Wildman–Crippen LogP) is 3.64. The van der Waals surface area contributed by atoms with Crippen LogP contribution in [0.15, 0.2) is 22.7 Å². The zero-order chi connectivity index (χ0) is 14.3. The molecule has 0 amide bonds. The largest absolute Gasteiger partial charge is 0.385 e. The Kier molecular flexibility index (Phi) is 7.61. The van der Waals surface area contributed by atoms with Crippen molar-refractivity contribution in [3.8, 4) is 0 Å². The minimum atomic E-state index is 0.0797. The number of rotatable bonds is 8. The number of Topliss-reactive ketones (excluding diaryl/α,β-unsaturated/α-hetero) is 1. The standard InChI is InChI=1S/C14H19BrClNO2/c1-17(7-3-9-19-2)8-6-14(18)12-5-4-11(15)10-13(12)16/h4-5,10H,3,6-9H2,1-2H3. The monoisotopic (exact) mass is 347 g/mol. The molecule has 0 heterocycles. The number of hydrogen-bond acceptors (Lipinski definition) is 3. The second-order valence-electron chi connectivity index (χ2n) is 4.45. The lowest BCUT2D eigenvalue weighted by Gasteiger charge is -2.15. The van der Waals surface area contributed by atoms with Crippen LogP contribution < -0.4 is 0 Å². The zero-order valence-corrected chi connectivity index (χ0v) is 13.6. The molecule has 5 heteroatoms. The molecule has 0 fully saturated rings. The summed E-state index contributed by atoms with van der Waals surface area (Å²) in [5.74, 6) is 0.0797. The van der Waals surface area contributed by atoms with E-state index < -0.39 is 0 Å². The van der Waals surface area contributed by atoms with E-state index >= 15 is 0 Å². The third-order valence-corrected chi connectivity index (χ3v) is 3.65. The molecule has 1 rings (SSSR count). The van der Waals surface area contributed by atoms with E-state index in [0.29, 0.717) is 17.0 Å². The lowest BCUT2D eigenvalue weighted by atomic mass is 10.1. The first-order valence-corrected chi connectivity index (χ1v) is 7.37. The van der Waals surface area contributed by atoms with Crippen molar-refractivity contribution >= 4 is 33.3 Å². The molecule has 1 aromatic carbocycles. The number of ether oxygens (including phenoxy) is 1. The smallest absolute Gasteiger partial charge is 0.165 e. The van der Waals surface area contributed by atoms with Crippen molar-refractivity contribution in [3.63, 3.8) is 0 Å². The second kappa shape index (κ2) is 8.69. The minimum Gasteiger partial charge on any atom is -0.385 e. The number of halogens is 2. The first-order valence-electron chi connectivity index (χ1n) is 6.20. The van der Waals surface area contributed by atoms with Crippen LogP contribution in [-0.4, -0.2) is 44.5 Å². The highest BCUT2D eigenvalue weighted by molar-refractivity contribution is 9.10. The summed E-state index contributed by atoms with van der Waals surface area (Å²) in [5, 5.41) is 0.501. The van der Waals surface area contributed by atoms with Gasteiger partial charge in [-0.25, -0.2) is 0 Å². The van der Waals surface area contributed by atoms with E-state index in [0.717, 1.165) is 30.6 Å². The fraction of sp³-hybridized carbons (Fsp3) is 0.500. The lowest BCUT2D eigenvalue weighted by Crippen LogP contribution is -2.24. The molecule has 0 aliphatic rings. The van der Waals surface area contributed by atoms with Crippen molar-refractivity contribution < 1.29 is 9.53 Å². The summed E-state index contributed by atoms with van der Waals surface area (Å²) in [6.45, 7) is 2.40. The highest BCUT2D eigenvalue weighted by Gasteiger charge is 2.11. The number of carbonyl (C=O) groups is 1. The van der Waals surface area contributed by atoms with Crippen LogP contribution in [0.1, 0.15) is 23.2 Å². The molecular weight excluding hydrogens is 330 g/mol. The average molecular weight is 349 g/mol. The van der Waals surface area contributed by atoms with Gasteiger partial charge in [-0.3, -0.25) is 4.79 Å². The molecule has 0 bridgehead atoms. The fourth-order valence-corrected chi connectivity index (χ4v) is 2.51. The highest BCUT2D eigenvalue weighted by atomic mass is 79.9. The van der Waals surface area contributed by atoms with E-state index in [2.05, 4.69) is 20.8 Å². The van der Waals surface area contributed by atoms with Gasteiger partial charge in [0.05, 0.1) is 5.02 Å². The van der Waals surface area contributed by atoms with Crippen LogP contribution in [0.4, 0.5) is 0 Å². The van der Waals surface area contributed by atoms with Crippen LogP contribution in [-0.2, 0) is 4.74 Å². The second-order valence-corrected chi connectivity index (χ2v) is 5.77. The summed E-state index contributed by atoms with van der Waals surface area (Å²) in [5.41, 5.74) is 0.593. The molecular formula is C14H19BrClNO2. The lowest BCUT2D eigenvalue weighted by molar-refractivity contribution is 0.0967. The molecule has 0 saturated heterocycles. The van der Waals surface area contributed by atoms with Crippen molar-refractivity contribution in [3.05, 3.63) is 33.3 Å². The highest BCUT2D eigenvalue weighted by Crippen LogP contribution is 2.22. The van der Waals surface area contributed by atoms with Crippen LogP contribution in [0, 0.1) is 0 Å². The molecule has 1 aromatic rings. The zero-order valence-electron chi connectivity index (χ0n) is 11.3. The molecule has 106 valence electrons. The molecule has 0 unspecified atom stereocenters. The Bertz CT molecular complexity index is 426. The summed E-state index contributed by atoms with van der Waals surface area (Å²) in [6, 6.07) is 5.35. The van der Waals surface area contributed by atoms with E-state index in [1.165, 1.54) is 0 Å². The van der Waals surface area contributed by atoms with Crippen LogP contribution in [0.5, 0.6) is 0 Å². The quantitative estimate of drug-likeness (QED) is 0.530. The van der Waals surface area contributed by atoms with E-state index in [4.69, 9.17) is 16.3 Å². The molecule has 0 saturated carbocycles. The van der Waals surface area contributed by atoms with Crippen LogP contribution in [0.25, 0.3) is 0 Å². The van der Waals surface area contributed by atoms with Gasteiger partial charge in [-0.2, -0.15) is 0 Å². The van der Waals surface area contributed by atoms with Gasteiger partial charge in [0.15, 0.2) is 5.78 Å². The summed E-state index contributed by atoms with van der Waals surface area (Å²) in [6.07, 6.45) is 1.45. The van der Waals surface area contributed by atoms with Gasteiger partial charge in [0.25, 0.3) is 0 Å². The number of carbonyl (C=O) groups excluding carboxylic acids is 1. The number of nitrogens with zero attached hydrogens (tertiary/aromatic N) is 1. The van der Waals surface area contributed by atoms with E-state index in [1.54, 1.807) is 19.2 Å². The first-order chi connectivity index (χ1) is 9.04. The van der Waals surface area contributed by atoms with Crippen LogP contribution in [0.2, 0.25) is 5.02 Å². The molecule has 3 nitrogen and oxygen atoms in total. The number of methoxy groups -OCH3 is 1. The number of benzene rings is 1. The van der Waals surface area contributed by atoms with Crippen molar-refractivity contribution in [1.29, 1.82) is 0 Å². The Balaban J connectivity index is 2.42. The van der Waals surface area contributed by atoms with Gasteiger partial charge in [0.2, 0.25) is 0 Å². The number of ketones is 1. The molecule has 0 N–H and O–H groups in total. The normalized spacial score (nSPS) is 11.0. The number of hydrogen-bond donors (Lipinski definition) is 0. The topological polar surface area (TPSA) is 29.5 Å². The summed E-state index contributed by atoms with van der Waals surface area (Å²) in [7, 11) is 3.70. The molecule has 0 aromatic heterocycles. The molecule has 0 atom stereocenters. The van der Waals surface area contributed by atoms with Crippen LogP contribution >= 0.6 is 27.5 Å². The van der Waals surface area contributed by atoms with E-state index in [-0.39, 0.29) is 5.78 Å². The van der Waals surface area contributed by atoms with Gasteiger partial charge >= 0.3 is 0 Å². The minimum absolute atomic E-state index is 0.0797. The first kappa shape index (κ1) is 16.6. The van der Waals surface area contributed by atoms with Gasteiger partial charge in [0.1, 0.15) is 0 Å².